The molecule has 0 radical (unpaired) electrons. The van der Waals surface area contributed by atoms with Crippen LogP contribution in [-0.2, 0) is 6.54 Å². The Labute approximate surface area is 169 Å². The van der Waals surface area contributed by atoms with Crippen LogP contribution in [0.1, 0.15) is 45.6 Å². The predicted octanol–water partition coefficient (Wildman–Crippen LogP) is 2.66. The van der Waals surface area contributed by atoms with Crippen LogP contribution in [0.25, 0.3) is 0 Å². The van der Waals surface area contributed by atoms with Gasteiger partial charge in [0.1, 0.15) is 0 Å². The Bertz CT molecular complexity index is 652. The normalized spacial score (nSPS) is 21.6. The Morgan fingerprint density at radius 2 is 1.86 bits per heavy atom. The fourth-order valence-corrected chi connectivity index (χ4v) is 4.40. The summed E-state index contributed by atoms with van der Waals surface area (Å²) in [6.45, 7) is 11.4. The number of piperidine rings is 1. The van der Waals surface area contributed by atoms with Crippen molar-refractivity contribution in [2.75, 3.05) is 44.2 Å². The van der Waals surface area contributed by atoms with Crippen molar-refractivity contribution < 1.29 is 9.90 Å². The van der Waals surface area contributed by atoms with E-state index in [-0.39, 0.29) is 12.1 Å². The van der Waals surface area contributed by atoms with Crippen molar-refractivity contribution in [2.45, 2.75) is 58.2 Å². The first-order valence-corrected chi connectivity index (χ1v) is 10.7. The molecule has 2 fully saturated rings. The van der Waals surface area contributed by atoms with Crippen LogP contribution >= 0.6 is 0 Å². The maximum absolute atomic E-state index is 12.8. The lowest BCUT2D eigenvalue weighted by atomic mass is 10.1. The number of hydrogen-bond acceptors (Lipinski definition) is 4. The van der Waals surface area contributed by atoms with Crippen molar-refractivity contribution in [3.8, 4) is 0 Å². The smallest absolute Gasteiger partial charge is 0.317 e. The van der Waals surface area contributed by atoms with Gasteiger partial charge in [-0.05, 0) is 51.7 Å². The lowest BCUT2D eigenvalue weighted by Crippen LogP contribution is -2.58. The number of nitrogens with one attached hydrogen (secondary N) is 1. The molecule has 3 rings (SSSR count). The topological polar surface area (TPSA) is 59.1 Å². The molecule has 2 saturated heterocycles. The summed E-state index contributed by atoms with van der Waals surface area (Å²) >= 11 is 0. The number of urea groups is 1. The van der Waals surface area contributed by atoms with Crippen LogP contribution < -0.4 is 10.2 Å². The fraction of sp³-hybridized carbons (Fsp3) is 0.682. The van der Waals surface area contributed by atoms with Gasteiger partial charge in [-0.1, -0.05) is 18.2 Å². The summed E-state index contributed by atoms with van der Waals surface area (Å²) in [6.07, 6.45) is 3.80. The number of carbonyl (C=O) groups is 1. The molecule has 2 aliphatic rings. The summed E-state index contributed by atoms with van der Waals surface area (Å²) in [5.41, 5.74) is 1.74. The molecule has 2 amide bonds. The number of rotatable bonds is 5. The van der Waals surface area contributed by atoms with Crippen molar-refractivity contribution in [3.05, 3.63) is 29.8 Å². The number of amides is 2. The molecule has 156 valence electrons. The van der Waals surface area contributed by atoms with Gasteiger partial charge in [0.25, 0.3) is 0 Å². The highest BCUT2D eigenvalue weighted by molar-refractivity contribution is 5.75. The number of nitrogens with zero attached hydrogens (tertiary/aromatic N) is 3. The van der Waals surface area contributed by atoms with E-state index < -0.39 is 5.60 Å². The molecule has 28 heavy (non-hydrogen) atoms. The fourth-order valence-electron chi connectivity index (χ4n) is 4.40. The van der Waals surface area contributed by atoms with E-state index >= 15 is 0 Å². The van der Waals surface area contributed by atoms with E-state index in [9.17, 15) is 9.90 Å². The molecule has 0 aromatic heterocycles. The largest absolute Gasteiger partial charge is 0.389 e. The maximum Gasteiger partial charge on any atom is 0.317 e. The molecule has 0 bridgehead atoms. The van der Waals surface area contributed by atoms with Crippen LogP contribution in [0.3, 0.4) is 0 Å². The Balaban J connectivity index is 1.55. The monoisotopic (exact) mass is 388 g/mol. The summed E-state index contributed by atoms with van der Waals surface area (Å²) in [4.78, 5) is 19.4. The molecule has 0 spiro atoms. The zero-order valence-corrected chi connectivity index (χ0v) is 17.7. The molecule has 2 N–H and O–H groups in total. The van der Waals surface area contributed by atoms with E-state index in [0.717, 1.165) is 26.2 Å². The molecule has 2 aliphatic heterocycles. The third-order valence-electron chi connectivity index (χ3n) is 5.70. The zero-order valence-electron chi connectivity index (χ0n) is 17.7. The van der Waals surface area contributed by atoms with Crippen LogP contribution in [-0.4, -0.2) is 71.8 Å². The van der Waals surface area contributed by atoms with Gasteiger partial charge in [0.15, 0.2) is 0 Å². The second-order valence-corrected chi connectivity index (χ2v) is 8.93. The molecule has 6 heteroatoms. The molecule has 1 atom stereocenters. The van der Waals surface area contributed by atoms with Crippen LogP contribution in [0.15, 0.2) is 24.3 Å². The molecule has 1 aromatic rings. The van der Waals surface area contributed by atoms with Gasteiger partial charge in [-0.25, -0.2) is 4.79 Å². The van der Waals surface area contributed by atoms with E-state index in [1.165, 1.54) is 30.5 Å². The van der Waals surface area contributed by atoms with Gasteiger partial charge in [0.2, 0.25) is 0 Å². The molecule has 6 nitrogen and oxygen atoms in total. The molecular weight excluding hydrogens is 352 g/mol. The number of hydrogen-bond donors (Lipinski definition) is 2. The van der Waals surface area contributed by atoms with E-state index in [1.807, 2.05) is 24.8 Å². The number of piperazine rings is 1. The van der Waals surface area contributed by atoms with Crippen LogP contribution in [0.2, 0.25) is 0 Å². The number of benzene rings is 1. The van der Waals surface area contributed by atoms with Crippen LogP contribution in [0.4, 0.5) is 10.5 Å². The van der Waals surface area contributed by atoms with Crippen molar-refractivity contribution in [1.29, 1.82) is 0 Å². The van der Waals surface area contributed by atoms with Crippen molar-refractivity contribution >= 4 is 11.7 Å². The second-order valence-electron chi connectivity index (χ2n) is 8.93. The quantitative estimate of drug-likeness (QED) is 0.814. The summed E-state index contributed by atoms with van der Waals surface area (Å²) < 4.78 is 0. The van der Waals surface area contributed by atoms with E-state index in [1.54, 1.807) is 0 Å². The van der Waals surface area contributed by atoms with Gasteiger partial charge in [0.05, 0.1) is 5.60 Å². The van der Waals surface area contributed by atoms with E-state index in [4.69, 9.17) is 0 Å². The summed E-state index contributed by atoms with van der Waals surface area (Å²) in [7, 11) is 0. The van der Waals surface area contributed by atoms with Gasteiger partial charge in [-0.2, -0.15) is 0 Å². The van der Waals surface area contributed by atoms with E-state index in [0.29, 0.717) is 19.6 Å². The first-order chi connectivity index (χ1) is 13.3. The van der Waals surface area contributed by atoms with Gasteiger partial charge in [0, 0.05) is 57.5 Å². The SMILES string of the molecule is CC1CN(CC(C)(C)O)CCN1C(=O)NCc1ccccc1N1CCCCC1. The standard InChI is InChI=1S/C22H36N4O2/c1-18-16-24(17-22(2,3)28)13-14-26(18)21(27)23-15-19-9-5-6-10-20(19)25-11-7-4-8-12-25/h5-6,9-10,18,28H,4,7-8,11-17H2,1-3H3,(H,23,27). The predicted molar refractivity (Wildman–Crippen MR) is 114 cm³/mol. The van der Waals surface area contributed by atoms with Crippen LogP contribution in [0, 0.1) is 0 Å². The molecule has 1 aromatic carbocycles. The van der Waals surface area contributed by atoms with Gasteiger partial charge >= 0.3 is 6.03 Å². The average molecular weight is 389 g/mol. The summed E-state index contributed by atoms with van der Waals surface area (Å²) in [5, 5.41) is 13.2. The highest BCUT2D eigenvalue weighted by Crippen LogP contribution is 2.24. The molecule has 0 saturated carbocycles. The lowest BCUT2D eigenvalue weighted by Gasteiger charge is -2.41. The second kappa shape index (κ2) is 9.14. The van der Waals surface area contributed by atoms with Crippen LogP contribution in [0.5, 0.6) is 0 Å². The zero-order chi connectivity index (χ0) is 20.1. The number of anilines is 1. The maximum atomic E-state index is 12.8. The highest BCUT2D eigenvalue weighted by Gasteiger charge is 2.29. The Morgan fingerprint density at radius 1 is 1.14 bits per heavy atom. The summed E-state index contributed by atoms with van der Waals surface area (Å²) in [5.74, 6) is 0. The first kappa shape index (κ1) is 20.9. The minimum absolute atomic E-state index is 0.00357. The number of aliphatic hydroxyl groups is 1. The minimum Gasteiger partial charge on any atom is -0.389 e. The third kappa shape index (κ3) is 5.61. The Kier molecular flexibility index (Phi) is 6.83. The lowest BCUT2D eigenvalue weighted by molar-refractivity contribution is 0.0119. The van der Waals surface area contributed by atoms with Crippen molar-refractivity contribution in [1.82, 2.24) is 15.1 Å². The van der Waals surface area contributed by atoms with Gasteiger partial charge in [-0.3, -0.25) is 4.90 Å². The Morgan fingerprint density at radius 3 is 2.54 bits per heavy atom. The molecule has 1 unspecified atom stereocenters. The number of β-amino-alcohol motifs (C(OH)–C–C–N with tert-alkyl or cyclic N) is 1. The highest BCUT2D eigenvalue weighted by atomic mass is 16.3. The molecule has 2 heterocycles. The molecule has 0 aliphatic carbocycles. The van der Waals surface area contributed by atoms with Crippen molar-refractivity contribution in [2.24, 2.45) is 0 Å². The minimum atomic E-state index is -0.706. The number of para-hydroxylation sites is 1. The van der Waals surface area contributed by atoms with Gasteiger partial charge in [-0.15, -0.1) is 0 Å². The Hall–Kier alpha value is -1.79. The summed E-state index contributed by atoms with van der Waals surface area (Å²) in [6, 6.07) is 8.56. The average Bonchev–Trinajstić information content (AvgIpc) is 2.66. The third-order valence-corrected chi connectivity index (χ3v) is 5.70. The van der Waals surface area contributed by atoms with Crippen molar-refractivity contribution in [3.63, 3.8) is 0 Å². The van der Waals surface area contributed by atoms with E-state index in [2.05, 4.69) is 40.2 Å². The van der Waals surface area contributed by atoms with Gasteiger partial charge < -0.3 is 20.2 Å². The molecular formula is C22H36N4O2. The first-order valence-electron chi connectivity index (χ1n) is 10.7. The number of carbonyl (C=O) groups excluding carboxylic acids is 1.